The zero-order chi connectivity index (χ0) is 17.1. The van der Waals surface area contributed by atoms with E-state index in [2.05, 4.69) is 28.9 Å². The van der Waals surface area contributed by atoms with Crippen molar-refractivity contribution in [2.24, 2.45) is 0 Å². The monoisotopic (exact) mass is 326 g/mol. The second kappa shape index (κ2) is 7.22. The number of ether oxygens (including phenoxy) is 1. The molecule has 1 aliphatic heterocycles. The Kier molecular flexibility index (Phi) is 5.05. The molecule has 2 aromatic rings. The summed E-state index contributed by atoms with van der Waals surface area (Å²) in [4.78, 5) is 17.7. The molecule has 1 aromatic carbocycles. The van der Waals surface area contributed by atoms with E-state index in [9.17, 15) is 4.79 Å². The van der Waals surface area contributed by atoms with Gasteiger partial charge in [-0.2, -0.15) is 0 Å². The van der Waals surface area contributed by atoms with Gasteiger partial charge in [0.2, 0.25) is 0 Å². The minimum atomic E-state index is 0.154. The predicted molar refractivity (Wildman–Crippen MR) is 96.6 cm³/mol. The molecule has 1 aromatic heterocycles. The second-order valence-corrected chi connectivity index (χ2v) is 6.81. The Balaban J connectivity index is 1.56. The van der Waals surface area contributed by atoms with Crippen LogP contribution in [0.1, 0.15) is 35.2 Å². The van der Waals surface area contributed by atoms with Gasteiger partial charge in [-0.1, -0.05) is 12.1 Å². The lowest BCUT2D eigenvalue weighted by Crippen LogP contribution is -2.38. The first kappa shape index (κ1) is 16.8. The van der Waals surface area contributed by atoms with E-state index in [4.69, 9.17) is 4.74 Å². The van der Waals surface area contributed by atoms with Crippen LogP contribution in [-0.4, -0.2) is 29.1 Å². The third-order valence-corrected chi connectivity index (χ3v) is 4.82. The number of piperidine rings is 1. The number of likely N-dealkylation sites (tertiary alicyclic amines) is 1. The molecule has 4 nitrogen and oxygen atoms in total. The molecule has 4 heteroatoms. The number of rotatable bonds is 4. The van der Waals surface area contributed by atoms with Gasteiger partial charge in [0, 0.05) is 42.7 Å². The Morgan fingerprint density at radius 1 is 1.21 bits per heavy atom. The average molecular weight is 326 g/mol. The number of pyridine rings is 1. The molecule has 1 N–H and O–H groups in total. The summed E-state index contributed by atoms with van der Waals surface area (Å²) in [6.07, 6.45) is 4.13. The van der Waals surface area contributed by atoms with E-state index in [-0.39, 0.29) is 11.5 Å². The third kappa shape index (κ3) is 3.88. The number of aryl methyl sites for hydroxylation is 2. The van der Waals surface area contributed by atoms with Gasteiger partial charge in [0.15, 0.2) is 5.43 Å². The summed E-state index contributed by atoms with van der Waals surface area (Å²) >= 11 is 0. The van der Waals surface area contributed by atoms with Crippen molar-refractivity contribution in [1.29, 1.82) is 0 Å². The predicted octanol–water partition coefficient (Wildman–Crippen LogP) is 3.34. The van der Waals surface area contributed by atoms with Crippen LogP contribution in [0.2, 0.25) is 0 Å². The maximum atomic E-state index is 12.1. The number of aromatic amines is 1. The first-order valence-electron chi connectivity index (χ1n) is 8.66. The first-order valence-corrected chi connectivity index (χ1v) is 8.66. The molecule has 1 fully saturated rings. The smallest absolute Gasteiger partial charge is 0.187 e. The number of hydrogen-bond acceptors (Lipinski definition) is 3. The van der Waals surface area contributed by atoms with E-state index in [0.29, 0.717) is 0 Å². The first-order chi connectivity index (χ1) is 11.5. The SMILES string of the molecule is Cc1cccc(OC2CCN(Cc3[nH]cc(C)c(=O)c3C)CC2)c1. The lowest BCUT2D eigenvalue weighted by molar-refractivity contribution is 0.0959. The highest BCUT2D eigenvalue weighted by Crippen LogP contribution is 2.21. The van der Waals surface area contributed by atoms with Gasteiger partial charge in [-0.3, -0.25) is 9.69 Å². The van der Waals surface area contributed by atoms with Gasteiger partial charge in [-0.05, 0) is 51.3 Å². The van der Waals surface area contributed by atoms with E-state index >= 15 is 0 Å². The van der Waals surface area contributed by atoms with Crippen molar-refractivity contribution < 1.29 is 4.74 Å². The summed E-state index contributed by atoms with van der Waals surface area (Å²) in [5.41, 5.74) is 4.03. The second-order valence-electron chi connectivity index (χ2n) is 6.81. The van der Waals surface area contributed by atoms with Crippen LogP contribution in [0.25, 0.3) is 0 Å². The largest absolute Gasteiger partial charge is 0.490 e. The molecular formula is C20H26N2O2. The normalized spacial score (nSPS) is 16.3. The molecule has 0 radical (unpaired) electrons. The van der Waals surface area contributed by atoms with Crippen LogP contribution in [-0.2, 0) is 6.54 Å². The van der Waals surface area contributed by atoms with Gasteiger partial charge in [-0.15, -0.1) is 0 Å². The highest BCUT2D eigenvalue weighted by atomic mass is 16.5. The summed E-state index contributed by atoms with van der Waals surface area (Å²) in [7, 11) is 0. The number of nitrogens with one attached hydrogen (secondary N) is 1. The Morgan fingerprint density at radius 3 is 2.67 bits per heavy atom. The lowest BCUT2D eigenvalue weighted by Gasteiger charge is -2.32. The minimum absolute atomic E-state index is 0.154. The molecule has 128 valence electrons. The maximum Gasteiger partial charge on any atom is 0.187 e. The van der Waals surface area contributed by atoms with Crippen molar-refractivity contribution in [3.8, 4) is 5.75 Å². The van der Waals surface area contributed by atoms with Crippen LogP contribution in [0.15, 0.2) is 35.3 Å². The topological polar surface area (TPSA) is 45.3 Å². The van der Waals surface area contributed by atoms with Crippen LogP contribution in [0, 0.1) is 20.8 Å². The molecule has 24 heavy (non-hydrogen) atoms. The quantitative estimate of drug-likeness (QED) is 0.937. The van der Waals surface area contributed by atoms with Crippen LogP contribution < -0.4 is 10.2 Å². The highest BCUT2D eigenvalue weighted by molar-refractivity contribution is 5.27. The van der Waals surface area contributed by atoms with Crippen LogP contribution in [0.4, 0.5) is 0 Å². The molecule has 0 bridgehead atoms. The molecule has 0 atom stereocenters. The van der Waals surface area contributed by atoms with Gasteiger partial charge >= 0.3 is 0 Å². The Hall–Kier alpha value is -2.07. The molecular weight excluding hydrogens is 300 g/mol. The minimum Gasteiger partial charge on any atom is -0.490 e. The van der Waals surface area contributed by atoms with Crippen LogP contribution >= 0.6 is 0 Å². The fourth-order valence-corrected chi connectivity index (χ4v) is 3.26. The number of nitrogens with zero attached hydrogens (tertiary/aromatic N) is 1. The van der Waals surface area contributed by atoms with Gasteiger partial charge in [0.05, 0.1) is 0 Å². The fraction of sp³-hybridized carbons (Fsp3) is 0.450. The van der Waals surface area contributed by atoms with Gasteiger partial charge in [0.1, 0.15) is 11.9 Å². The van der Waals surface area contributed by atoms with E-state index in [0.717, 1.165) is 55.0 Å². The van der Waals surface area contributed by atoms with Crippen molar-refractivity contribution in [2.75, 3.05) is 13.1 Å². The molecule has 0 spiro atoms. The van der Waals surface area contributed by atoms with E-state index in [1.807, 2.05) is 32.2 Å². The van der Waals surface area contributed by atoms with Crippen LogP contribution in [0.3, 0.4) is 0 Å². The van der Waals surface area contributed by atoms with E-state index in [1.165, 1.54) is 5.56 Å². The van der Waals surface area contributed by atoms with E-state index in [1.54, 1.807) is 0 Å². The number of H-pyrrole nitrogens is 1. The maximum absolute atomic E-state index is 12.1. The number of benzene rings is 1. The third-order valence-electron chi connectivity index (χ3n) is 4.82. The molecule has 0 unspecified atom stereocenters. The van der Waals surface area contributed by atoms with Crippen molar-refractivity contribution in [2.45, 2.75) is 46.3 Å². The summed E-state index contributed by atoms with van der Waals surface area (Å²) in [6.45, 7) is 8.63. The van der Waals surface area contributed by atoms with Crippen molar-refractivity contribution in [1.82, 2.24) is 9.88 Å². The number of hydrogen-bond donors (Lipinski definition) is 1. The molecule has 1 saturated heterocycles. The summed E-state index contributed by atoms with van der Waals surface area (Å²) in [6, 6.07) is 8.24. The van der Waals surface area contributed by atoms with Gasteiger partial charge < -0.3 is 9.72 Å². The molecule has 3 rings (SSSR count). The van der Waals surface area contributed by atoms with Crippen LogP contribution in [0.5, 0.6) is 5.75 Å². The van der Waals surface area contributed by atoms with Gasteiger partial charge in [-0.25, -0.2) is 0 Å². The molecule has 1 aliphatic rings. The van der Waals surface area contributed by atoms with Crippen molar-refractivity contribution >= 4 is 0 Å². The van der Waals surface area contributed by atoms with Crippen molar-refractivity contribution in [3.05, 3.63) is 63.1 Å². The summed E-state index contributed by atoms with van der Waals surface area (Å²) in [5.74, 6) is 0.965. The standard InChI is InChI=1S/C20H26N2O2/c1-14-5-4-6-18(11-14)24-17-7-9-22(10-8-17)13-19-16(3)20(23)15(2)12-21-19/h4-6,11-12,17H,7-10,13H2,1-3H3,(H,21,23). The average Bonchev–Trinajstić information content (AvgIpc) is 2.57. The lowest BCUT2D eigenvalue weighted by atomic mass is 10.1. The van der Waals surface area contributed by atoms with Gasteiger partial charge in [0.25, 0.3) is 0 Å². The Labute approximate surface area is 143 Å². The zero-order valence-corrected chi connectivity index (χ0v) is 14.8. The summed E-state index contributed by atoms with van der Waals surface area (Å²) < 4.78 is 6.11. The number of aromatic nitrogens is 1. The highest BCUT2D eigenvalue weighted by Gasteiger charge is 2.21. The molecule has 0 amide bonds. The Morgan fingerprint density at radius 2 is 1.96 bits per heavy atom. The molecule has 2 heterocycles. The molecule has 0 saturated carbocycles. The Bertz CT molecular complexity index is 758. The fourth-order valence-electron chi connectivity index (χ4n) is 3.26. The summed E-state index contributed by atoms with van der Waals surface area (Å²) in [5, 5.41) is 0. The van der Waals surface area contributed by atoms with E-state index < -0.39 is 0 Å². The van der Waals surface area contributed by atoms with Crippen molar-refractivity contribution in [3.63, 3.8) is 0 Å². The zero-order valence-electron chi connectivity index (χ0n) is 14.8. The molecule has 0 aliphatic carbocycles.